The first-order valence-corrected chi connectivity index (χ1v) is 14.2. The number of hydrogen-bond donors (Lipinski definition) is 1. The van der Waals surface area contributed by atoms with Crippen LogP contribution in [0.4, 0.5) is 0 Å². The molecule has 1 aliphatic carbocycles. The van der Waals surface area contributed by atoms with Crippen molar-refractivity contribution in [1.29, 1.82) is 0 Å². The second kappa shape index (κ2) is 14.6. The molecule has 1 aromatic carbocycles. The van der Waals surface area contributed by atoms with E-state index >= 15 is 0 Å². The Balaban J connectivity index is 1.99. The smallest absolute Gasteiger partial charge is 0.251 e. The third kappa shape index (κ3) is 11.8. The SMILES string of the molecule is C=C(CCCC(CCC)CN(C)/C=c1/c(C)c(C(=O)NCC(C)OCC2CC2)ccc1=C)OC(C)(C)C. The molecule has 1 aliphatic rings. The number of allylic oxidation sites excluding steroid dienone is 1. The van der Waals surface area contributed by atoms with E-state index in [2.05, 4.69) is 64.3 Å². The molecule has 2 unspecified atom stereocenters. The fourth-order valence-corrected chi connectivity index (χ4v) is 4.67. The zero-order chi connectivity index (χ0) is 27.6. The summed E-state index contributed by atoms with van der Waals surface area (Å²) in [5, 5.41) is 5.01. The van der Waals surface area contributed by atoms with Gasteiger partial charge in [-0.05, 0) is 95.4 Å². The third-order valence-electron chi connectivity index (χ3n) is 6.82. The number of hydrogen-bond acceptors (Lipinski definition) is 4. The highest BCUT2D eigenvalue weighted by Gasteiger charge is 2.22. The molecule has 1 amide bonds. The van der Waals surface area contributed by atoms with Gasteiger partial charge in [-0.1, -0.05) is 32.6 Å². The Morgan fingerprint density at radius 1 is 1.27 bits per heavy atom. The van der Waals surface area contributed by atoms with Gasteiger partial charge in [-0.25, -0.2) is 0 Å². The summed E-state index contributed by atoms with van der Waals surface area (Å²) in [4.78, 5) is 15.2. The molecule has 208 valence electrons. The van der Waals surface area contributed by atoms with Gasteiger partial charge in [0, 0.05) is 50.1 Å². The maximum atomic E-state index is 13.0. The Morgan fingerprint density at radius 3 is 2.59 bits per heavy atom. The lowest BCUT2D eigenvalue weighted by molar-refractivity contribution is 0.0469. The van der Waals surface area contributed by atoms with Gasteiger partial charge < -0.3 is 19.7 Å². The molecular formula is C32H52N2O3. The van der Waals surface area contributed by atoms with Crippen molar-refractivity contribution in [2.45, 2.75) is 98.2 Å². The van der Waals surface area contributed by atoms with Crippen molar-refractivity contribution in [2.24, 2.45) is 11.8 Å². The number of carbonyl (C=O) groups excluding carboxylic acids is 1. The van der Waals surface area contributed by atoms with Crippen LogP contribution in [-0.2, 0) is 9.47 Å². The van der Waals surface area contributed by atoms with Crippen molar-refractivity contribution in [3.05, 3.63) is 46.0 Å². The largest absolute Gasteiger partial charge is 0.493 e. The van der Waals surface area contributed by atoms with E-state index in [0.29, 0.717) is 18.0 Å². The topological polar surface area (TPSA) is 50.8 Å². The summed E-state index contributed by atoms with van der Waals surface area (Å²) >= 11 is 0. The standard InChI is InChI=1S/C32H52N2O3/c1-10-12-27(14-11-13-24(3)37-32(6,7)8)20-34(9)21-30-23(2)15-18-29(26(30)5)31(35)33-19-25(4)36-22-28-16-17-28/h15,18,21,25,27-28H,2-3,10-14,16-17,19-20,22H2,1,4-9H3,(H,33,35)/b30-21+. The van der Waals surface area contributed by atoms with Crippen LogP contribution in [0.25, 0.3) is 12.8 Å². The quantitative estimate of drug-likeness (QED) is 0.296. The highest BCUT2D eigenvalue weighted by atomic mass is 16.5. The lowest BCUT2D eigenvalue weighted by atomic mass is 9.96. The summed E-state index contributed by atoms with van der Waals surface area (Å²) in [5.74, 6) is 2.13. The Labute approximate surface area is 226 Å². The van der Waals surface area contributed by atoms with E-state index in [1.54, 1.807) is 0 Å². The monoisotopic (exact) mass is 512 g/mol. The van der Waals surface area contributed by atoms with Gasteiger partial charge in [0.15, 0.2) is 0 Å². The Morgan fingerprint density at radius 2 is 1.97 bits per heavy atom. The van der Waals surface area contributed by atoms with Crippen molar-refractivity contribution in [3.8, 4) is 0 Å². The fourth-order valence-electron chi connectivity index (χ4n) is 4.67. The van der Waals surface area contributed by atoms with Crippen molar-refractivity contribution >= 4 is 18.7 Å². The van der Waals surface area contributed by atoms with Crippen LogP contribution in [0, 0.1) is 18.8 Å². The molecule has 0 saturated heterocycles. The minimum absolute atomic E-state index is 0.0156. The maximum absolute atomic E-state index is 13.0. The third-order valence-corrected chi connectivity index (χ3v) is 6.82. The van der Waals surface area contributed by atoms with Gasteiger partial charge in [0.25, 0.3) is 5.91 Å². The molecular weight excluding hydrogens is 460 g/mol. The van der Waals surface area contributed by atoms with Crippen LogP contribution < -0.4 is 15.8 Å². The number of amides is 1. The van der Waals surface area contributed by atoms with Crippen LogP contribution in [0.2, 0.25) is 0 Å². The summed E-state index contributed by atoms with van der Waals surface area (Å²) in [7, 11) is 2.12. The fraction of sp³-hybridized carbons (Fsp3) is 0.656. The number of nitrogens with zero attached hydrogens (tertiary/aromatic N) is 1. The molecule has 5 nitrogen and oxygen atoms in total. The van der Waals surface area contributed by atoms with Gasteiger partial charge in [0.05, 0.1) is 11.9 Å². The van der Waals surface area contributed by atoms with E-state index in [1.807, 2.05) is 26.0 Å². The first-order chi connectivity index (χ1) is 17.4. The van der Waals surface area contributed by atoms with E-state index in [0.717, 1.165) is 66.5 Å². The number of rotatable bonds is 16. The van der Waals surface area contributed by atoms with Crippen LogP contribution in [-0.4, -0.2) is 49.3 Å². The molecule has 37 heavy (non-hydrogen) atoms. The van der Waals surface area contributed by atoms with E-state index in [1.165, 1.54) is 19.3 Å². The van der Waals surface area contributed by atoms with Crippen LogP contribution >= 0.6 is 0 Å². The second-order valence-corrected chi connectivity index (χ2v) is 12.0. The normalized spacial score (nSPS) is 15.8. The first-order valence-electron chi connectivity index (χ1n) is 14.2. The van der Waals surface area contributed by atoms with Crippen molar-refractivity contribution in [2.75, 3.05) is 26.7 Å². The van der Waals surface area contributed by atoms with Crippen LogP contribution in [0.5, 0.6) is 0 Å². The van der Waals surface area contributed by atoms with Gasteiger partial charge in [-0.15, -0.1) is 0 Å². The number of ether oxygens (including phenoxy) is 2. The molecule has 0 bridgehead atoms. The zero-order valence-corrected chi connectivity index (χ0v) is 24.6. The average molecular weight is 513 g/mol. The molecule has 0 aromatic heterocycles. The molecule has 2 rings (SSSR count). The molecule has 0 radical (unpaired) electrons. The highest BCUT2D eigenvalue weighted by molar-refractivity contribution is 5.95. The van der Waals surface area contributed by atoms with E-state index < -0.39 is 0 Å². The maximum Gasteiger partial charge on any atom is 0.251 e. The Hall–Kier alpha value is -2.27. The lowest BCUT2D eigenvalue weighted by Gasteiger charge is -2.25. The van der Waals surface area contributed by atoms with E-state index in [-0.39, 0.29) is 17.6 Å². The van der Waals surface area contributed by atoms with Gasteiger partial charge in [0.2, 0.25) is 0 Å². The summed E-state index contributed by atoms with van der Waals surface area (Å²) in [6.07, 6.45) is 10.2. The van der Waals surface area contributed by atoms with Crippen LogP contribution in [0.1, 0.15) is 95.5 Å². The van der Waals surface area contributed by atoms with Crippen molar-refractivity contribution < 1.29 is 14.3 Å². The predicted octanol–water partition coefficient (Wildman–Crippen LogP) is 5.54. The minimum atomic E-state index is -0.188. The summed E-state index contributed by atoms with van der Waals surface area (Å²) in [6, 6.07) is 3.82. The molecule has 1 aromatic rings. The van der Waals surface area contributed by atoms with Gasteiger partial charge >= 0.3 is 0 Å². The molecule has 1 saturated carbocycles. The first kappa shape index (κ1) is 31.0. The molecule has 1 fully saturated rings. The number of nitrogens with one attached hydrogen (secondary N) is 1. The predicted molar refractivity (Wildman–Crippen MR) is 156 cm³/mol. The second-order valence-electron chi connectivity index (χ2n) is 12.0. The minimum Gasteiger partial charge on any atom is -0.493 e. The average Bonchev–Trinajstić information content (AvgIpc) is 3.62. The summed E-state index contributed by atoms with van der Waals surface area (Å²) in [5.41, 5.74) is 1.47. The van der Waals surface area contributed by atoms with Crippen LogP contribution in [0.15, 0.2) is 24.5 Å². The van der Waals surface area contributed by atoms with Crippen molar-refractivity contribution in [3.63, 3.8) is 0 Å². The van der Waals surface area contributed by atoms with Crippen molar-refractivity contribution in [1.82, 2.24) is 10.2 Å². The molecule has 0 aliphatic heterocycles. The van der Waals surface area contributed by atoms with Gasteiger partial charge in [-0.3, -0.25) is 4.79 Å². The molecule has 2 atom stereocenters. The summed E-state index contributed by atoms with van der Waals surface area (Å²) < 4.78 is 11.7. The molecule has 5 heteroatoms. The van der Waals surface area contributed by atoms with E-state index in [4.69, 9.17) is 9.47 Å². The molecule has 0 spiro atoms. The molecule has 1 N–H and O–H groups in total. The Kier molecular flexibility index (Phi) is 12.2. The molecule has 0 heterocycles. The number of benzene rings is 1. The zero-order valence-electron chi connectivity index (χ0n) is 24.6. The van der Waals surface area contributed by atoms with Gasteiger partial charge in [-0.2, -0.15) is 0 Å². The van der Waals surface area contributed by atoms with Gasteiger partial charge in [0.1, 0.15) is 5.60 Å². The van der Waals surface area contributed by atoms with E-state index in [9.17, 15) is 4.79 Å². The Bertz CT molecular complexity index is 991. The lowest BCUT2D eigenvalue weighted by Crippen LogP contribution is -2.36. The number of carbonyl (C=O) groups is 1. The summed E-state index contributed by atoms with van der Waals surface area (Å²) in [6.45, 7) is 23.1. The highest BCUT2D eigenvalue weighted by Crippen LogP contribution is 2.29. The van der Waals surface area contributed by atoms with Crippen LogP contribution in [0.3, 0.4) is 0 Å².